The van der Waals surface area contributed by atoms with Crippen molar-refractivity contribution in [3.63, 3.8) is 0 Å². The highest BCUT2D eigenvalue weighted by atomic mass is 16.2. The second kappa shape index (κ2) is 7.40. The van der Waals surface area contributed by atoms with Gasteiger partial charge in [0.2, 0.25) is 0 Å². The summed E-state index contributed by atoms with van der Waals surface area (Å²) < 4.78 is 0. The van der Waals surface area contributed by atoms with Crippen LogP contribution >= 0.6 is 0 Å². The maximum Gasteiger partial charge on any atom is 0.255 e. The Morgan fingerprint density at radius 2 is 2.14 bits per heavy atom. The summed E-state index contributed by atoms with van der Waals surface area (Å²) in [5.74, 6) is 0.479. The topological polar surface area (TPSA) is 74.2 Å². The molecular weight excluding hydrogens is 266 g/mol. The van der Waals surface area contributed by atoms with Crippen molar-refractivity contribution in [2.24, 2.45) is 0 Å². The van der Waals surface area contributed by atoms with Crippen molar-refractivity contribution in [2.75, 3.05) is 24.3 Å². The summed E-state index contributed by atoms with van der Waals surface area (Å²) in [7, 11) is 1.76. The van der Waals surface area contributed by atoms with Crippen LogP contribution in [0.15, 0.2) is 42.6 Å². The first kappa shape index (κ1) is 15.0. The van der Waals surface area contributed by atoms with Crippen molar-refractivity contribution in [3.05, 3.63) is 53.7 Å². The lowest BCUT2D eigenvalue weighted by atomic mass is 10.1. The van der Waals surface area contributed by atoms with E-state index in [0.717, 1.165) is 17.7 Å². The van der Waals surface area contributed by atoms with Gasteiger partial charge in [-0.1, -0.05) is 12.1 Å². The minimum atomic E-state index is -0.173. The lowest BCUT2D eigenvalue weighted by molar-refractivity contribution is 0.102. The number of carbonyl (C=O) groups excluding carboxylic acids is 1. The Morgan fingerprint density at radius 1 is 1.29 bits per heavy atom. The summed E-state index contributed by atoms with van der Waals surface area (Å²) in [5.41, 5.74) is 2.39. The largest absolute Gasteiger partial charge is 0.396 e. The summed E-state index contributed by atoms with van der Waals surface area (Å²) in [6.07, 6.45) is 3.10. The van der Waals surface area contributed by atoms with Crippen LogP contribution in [0.3, 0.4) is 0 Å². The van der Waals surface area contributed by atoms with Crippen molar-refractivity contribution in [1.82, 2.24) is 4.98 Å². The average Bonchev–Trinajstić information content (AvgIpc) is 2.53. The lowest BCUT2D eigenvalue weighted by Crippen LogP contribution is -2.12. The first-order chi connectivity index (χ1) is 10.2. The van der Waals surface area contributed by atoms with Crippen LogP contribution in [0.25, 0.3) is 0 Å². The molecule has 0 aliphatic heterocycles. The van der Waals surface area contributed by atoms with Crippen molar-refractivity contribution in [3.8, 4) is 0 Å². The van der Waals surface area contributed by atoms with Crippen LogP contribution in [-0.2, 0) is 6.42 Å². The van der Waals surface area contributed by atoms with Crippen LogP contribution in [0.5, 0.6) is 0 Å². The highest BCUT2D eigenvalue weighted by Crippen LogP contribution is 2.14. The van der Waals surface area contributed by atoms with Gasteiger partial charge < -0.3 is 15.7 Å². The molecule has 2 rings (SSSR count). The molecule has 21 heavy (non-hydrogen) atoms. The Labute approximate surface area is 124 Å². The highest BCUT2D eigenvalue weighted by Gasteiger charge is 2.07. The Kier molecular flexibility index (Phi) is 5.29. The van der Waals surface area contributed by atoms with Crippen LogP contribution in [0.2, 0.25) is 0 Å². The molecule has 0 bridgehead atoms. The quantitative estimate of drug-likeness (QED) is 0.761. The van der Waals surface area contributed by atoms with Crippen LogP contribution in [0.4, 0.5) is 11.5 Å². The fourth-order valence-corrected chi connectivity index (χ4v) is 2.00. The Hall–Kier alpha value is -2.40. The molecule has 0 aliphatic rings. The predicted octanol–water partition coefficient (Wildman–Crippen LogP) is 2.30. The third-order valence-corrected chi connectivity index (χ3v) is 3.09. The summed E-state index contributed by atoms with van der Waals surface area (Å²) in [4.78, 5) is 16.3. The van der Waals surface area contributed by atoms with Crippen LogP contribution in [0.1, 0.15) is 22.3 Å². The number of benzene rings is 1. The summed E-state index contributed by atoms with van der Waals surface area (Å²) in [6, 6.07) is 11.0. The van der Waals surface area contributed by atoms with E-state index in [1.807, 2.05) is 24.3 Å². The standard InChI is InChI=1S/C16H19N3O2/c1-17-15-11-13(7-8-18-15)16(21)19-14-6-2-4-12(10-14)5-3-9-20/h2,4,6-8,10-11,20H,3,5,9H2,1H3,(H,17,18)(H,19,21). The monoisotopic (exact) mass is 285 g/mol. The Bertz CT molecular complexity index is 614. The summed E-state index contributed by atoms with van der Waals surface area (Å²) in [6.45, 7) is 0.167. The average molecular weight is 285 g/mol. The van der Waals surface area contributed by atoms with E-state index in [1.54, 1.807) is 25.4 Å². The van der Waals surface area contributed by atoms with Crippen molar-refractivity contribution >= 4 is 17.4 Å². The predicted molar refractivity (Wildman–Crippen MR) is 83.6 cm³/mol. The molecule has 5 heteroatoms. The van der Waals surface area contributed by atoms with E-state index < -0.39 is 0 Å². The molecule has 1 amide bonds. The van der Waals surface area contributed by atoms with Gasteiger partial charge in [0.1, 0.15) is 5.82 Å². The normalized spacial score (nSPS) is 10.2. The van der Waals surface area contributed by atoms with Gasteiger partial charge in [0, 0.05) is 31.1 Å². The molecule has 0 unspecified atom stereocenters. The third kappa shape index (κ3) is 4.29. The number of pyridine rings is 1. The molecule has 0 fully saturated rings. The molecule has 1 aromatic carbocycles. The molecule has 3 N–H and O–H groups in total. The number of anilines is 2. The molecule has 2 aromatic rings. The maximum atomic E-state index is 12.2. The van der Waals surface area contributed by atoms with Crippen LogP contribution < -0.4 is 10.6 Å². The van der Waals surface area contributed by atoms with Gasteiger partial charge >= 0.3 is 0 Å². The van der Waals surface area contributed by atoms with Gasteiger partial charge in [-0.25, -0.2) is 4.98 Å². The van der Waals surface area contributed by atoms with Crippen molar-refractivity contribution in [1.29, 1.82) is 0 Å². The minimum absolute atomic E-state index is 0.167. The zero-order valence-corrected chi connectivity index (χ0v) is 12.0. The number of carbonyl (C=O) groups is 1. The van der Waals surface area contributed by atoms with E-state index in [4.69, 9.17) is 5.11 Å². The number of hydrogen-bond acceptors (Lipinski definition) is 4. The zero-order chi connectivity index (χ0) is 15.1. The zero-order valence-electron chi connectivity index (χ0n) is 12.0. The van der Waals surface area contributed by atoms with Gasteiger partial charge in [-0.3, -0.25) is 4.79 Å². The number of aliphatic hydroxyl groups excluding tert-OH is 1. The number of rotatable bonds is 6. The Morgan fingerprint density at radius 3 is 2.90 bits per heavy atom. The second-order valence-electron chi connectivity index (χ2n) is 4.66. The molecule has 0 saturated heterocycles. The molecule has 5 nitrogen and oxygen atoms in total. The molecule has 1 heterocycles. The molecule has 0 radical (unpaired) electrons. The van der Waals surface area contributed by atoms with E-state index in [9.17, 15) is 4.79 Å². The fraction of sp³-hybridized carbons (Fsp3) is 0.250. The van der Waals surface area contributed by atoms with Crippen LogP contribution in [-0.4, -0.2) is 29.7 Å². The molecular formula is C16H19N3O2. The number of nitrogens with zero attached hydrogens (tertiary/aromatic N) is 1. The number of aromatic nitrogens is 1. The lowest BCUT2D eigenvalue weighted by Gasteiger charge is -2.08. The van der Waals surface area contributed by atoms with Crippen LogP contribution in [0, 0.1) is 0 Å². The van der Waals surface area contributed by atoms with Gasteiger partial charge in [-0.15, -0.1) is 0 Å². The minimum Gasteiger partial charge on any atom is -0.396 e. The maximum absolute atomic E-state index is 12.2. The molecule has 1 aromatic heterocycles. The number of aliphatic hydroxyl groups is 1. The number of aryl methyl sites for hydroxylation is 1. The van der Waals surface area contributed by atoms with Gasteiger partial charge in [0.15, 0.2) is 0 Å². The van der Waals surface area contributed by atoms with E-state index >= 15 is 0 Å². The number of nitrogens with one attached hydrogen (secondary N) is 2. The Balaban J connectivity index is 2.08. The van der Waals surface area contributed by atoms with Crippen molar-refractivity contribution < 1.29 is 9.90 Å². The second-order valence-corrected chi connectivity index (χ2v) is 4.66. The molecule has 0 aliphatic carbocycles. The van der Waals surface area contributed by atoms with Gasteiger partial charge in [-0.05, 0) is 42.7 Å². The molecule has 0 saturated carbocycles. The third-order valence-electron chi connectivity index (χ3n) is 3.09. The fourth-order valence-electron chi connectivity index (χ4n) is 2.00. The van der Waals surface area contributed by atoms with Gasteiger partial charge in [0.05, 0.1) is 0 Å². The molecule has 0 spiro atoms. The molecule has 110 valence electrons. The van der Waals surface area contributed by atoms with Gasteiger partial charge in [-0.2, -0.15) is 0 Å². The number of amides is 1. The smallest absolute Gasteiger partial charge is 0.255 e. The van der Waals surface area contributed by atoms with Gasteiger partial charge in [0.25, 0.3) is 5.91 Å². The molecule has 0 atom stereocenters. The SMILES string of the molecule is CNc1cc(C(=O)Nc2cccc(CCCO)c2)ccn1. The van der Waals surface area contributed by atoms with E-state index in [0.29, 0.717) is 17.8 Å². The first-order valence-electron chi connectivity index (χ1n) is 6.88. The summed E-state index contributed by atoms with van der Waals surface area (Å²) >= 11 is 0. The summed E-state index contributed by atoms with van der Waals surface area (Å²) in [5, 5.41) is 14.6. The highest BCUT2D eigenvalue weighted by molar-refractivity contribution is 6.04. The number of hydrogen-bond donors (Lipinski definition) is 3. The van der Waals surface area contributed by atoms with E-state index in [-0.39, 0.29) is 12.5 Å². The first-order valence-corrected chi connectivity index (χ1v) is 6.88. The van der Waals surface area contributed by atoms with E-state index in [2.05, 4.69) is 15.6 Å². The van der Waals surface area contributed by atoms with Crippen molar-refractivity contribution in [2.45, 2.75) is 12.8 Å². The van der Waals surface area contributed by atoms with E-state index in [1.165, 1.54) is 0 Å².